The minimum atomic E-state index is -1.63. The van der Waals surface area contributed by atoms with Crippen molar-refractivity contribution in [1.82, 2.24) is 16.0 Å². The Balaban J connectivity index is 2.45. The number of aliphatic hydroxyl groups is 4. The van der Waals surface area contributed by atoms with E-state index in [0.717, 1.165) is 32.4 Å². The number of rotatable bonds is 14. The molecule has 1 fully saturated rings. The summed E-state index contributed by atoms with van der Waals surface area (Å²) in [5.41, 5.74) is 10.9. The molecule has 1 amide bonds. The average molecular weight is 408 g/mol. The number of ether oxygens (including phenoxy) is 1. The van der Waals surface area contributed by atoms with Crippen LogP contribution in [0.3, 0.4) is 0 Å². The fourth-order valence-electron chi connectivity index (χ4n) is 2.91. The monoisotopic (exact) mass is 407 g/mol. The summed E-state index contributed by atoms with van der Waals surface area (Å²) in [5.74, 6) is -0.273. The molecule has 6 atom stereocenters. The predicted molar refractivity (Wildman–Crippen MR) is 103 cm³/mol. The lowest BCUT2D eigenvalue weighted by Gasteiger charge is -2.38. The predicted octanol–water partition coefficient (Wildman–Crippen LogP) is -4.07. The standard InChI is InChI=1S/C17H37N5O6/c18-5-2-8-20-7-1-4-11(21-9-3-6-19)16(26)22-10-12-13(23)14(24)15(25)17(27)28-12/h11-15,17,20-21,23-25,27H,1-10,18-19H2,(H,22,26)/t11?,12-,13+,14+,15-,17+/m1/s1. The lowest BCUT2D eigenvalue weighted by molar-refractivity contribution is -0.280. The molecule has 1 unspecified atom stereocenters. The second-order valence-electron chi connectivity index (χ2n) is 6.97. The number of nitrogens with two attached hydrogens (primary N) is 2. The zero-order valence-electron chi connectivity index (χ0n) is 16.3. The van der Waals surface area contributed by atoms with Crippen LogP contribution in [0.1, 0.15) is 25.7 Å². The van der Waals surface area contributed by atoms with Gasteiger partial charge in [0.15, 0.2) is 6.29 Å². The van der Waals surface area contributed by atoms with Crippen molar-refractivity contribution in [1.29, 1.82) is 0 Å². The summed E-state index contributed by atoms with van der Waals surface area (Å²) in [6.45, 7) is 3.24. The number of nitrogens with one attached hydrogen (secondary N) is 3. The summed E-state index contributed by atoms with van der Waals surface area (Å²) < 4.78 is 5.07. The fourth-order valence-corrected chi connectivity index (χ4v) is 2.91. The van der Waals surface area contributed by atoms with Crippen LogP contribution in [0, 0.1) is 0 Å². The molecule has 0 saturated carbocycles. The Kier molecular flexibility index (Phi) is 12.7. The Hall–Kier alpha value is -0.890. The molecule has 0 aromatic rings. The van der Waals surface area contributed by atoms with Crippen LogP contribution in [0.25, 0.3) is 0 Å². The van der Waals surface area contributed by atoms with E-state index in [1.165, 1.54) is 0 Å². The van der Waals surface area contributed by atoms with Gasteiger partial charge in [-0.15, -0.1) is 0 Å². The number of hydrogen-bond donors (Lipinski definition) is 9. The van der Waals surface area contributed by atoms with E-state index < -0.39 is 36.7 Å². The van der Waals surface area contributed by atoms with Crippen LogP contribution in [0.4, 0.5) is 0 Å². The Labute approximate surface area is 165 Å². The normalized spacial score (nSPS) is 28.9. The summed E-state index contributed by atoms with van der Waals surface area (Å²) >= 11 is 0. The van der Waals surface area contributed by atoms with Crippen LogP contribution in [0.15, 0.2) is 0 Å². The number of aliphatic hydroxyl groups excluding tert-OH is 4. The van der Waals surface area contributed by atoms with Gasteiger partial charge in [0.2, 0.25) is 5.91 Å². The molecule has 0 radical (unpaired) electrons. The molecule has 11 N–H and O–H groups in total. The highest BCUT2D eigenvalue weighted by molar-refractivity contribution is 5.81. The highest BCUT2D eigenvalue weighted by Crippen LogP contribution is 2.19. The van der Waals surface area contributed by atoms with E-state index in [2.05, 4.69) is 16.0 Å². The van der Waals surface area contributed by atoms with Crippen molar-refractivity contribution in [2.24, 2.45) is 11.5 Å². The molecule has 0 bridgehead atoms. The minimum absolute atomic E-state index is 0.106. The van der Waals surface area contributed by atoms with Gasteiger partial charge >= 0.3 is 0 Å². The van der Waals surface area contributed by atoms with E-state index in [0.29, 0.717) is 26.1 Å². The molecule has 1 saturated heterocycles. The molecule has 28 heavy (non-hydrogen) atoms. The summed E-state index contributed by atoms with van der Waals surface area (Å²) in [7, 11) is 0. The van der Waals surface area contributed by atoms with Gasteiger partial charge in [-0.2, -0.15) is 0 Å². The first-order valence-electron chi connectivity index (χ1n) is 9.92. The van der Waals surface area contributed by atoms with Crippen LogP contribution < -0.4 is 27.4 Å². The van der Waals surface area contributed by atoms with Gasteiger partial charge in [-0.05, 0) is 58.4 Å². The second kappa shape index (κ2) is 14.1. The summed E-state index contributed by atoms with van der Waals surface area (Å²) in [6.07, 6.45) is -4.21. The zero-order valence-corrected chi connectivity index (χ0v) is 16.3. The van der Waals surface area contributed by atoms with E-state index >= 15 is 0 Å². The molecule has 1 aliphatic heterocycles. The highest BCUT2D eigenvalue weighted by atomic mass is 16.6. The van der Waals surface area contributed by atoms with Crippen LogP contribution >= 0.6 is 0 Å². The SMILES string of the molecule is NCCCNCCCC(NCCCN)C(=O)NC[C@H]1O[C@H](O)[C@H](O)[C@@H](O)[C@H]1O. The second-order valence-corrected chi connectivity index (χ2v) is 6.97. The average Bonchev–Trinajstić information content (AvgIpc) is 2.69. The topological polar surface area (TPSA) is 195 Å². The van der Waals surface area contributed by atoms with Crippen LogP contribution in [-0.2, 0) is 9.53 Å². The van der Waals surface area contributed by atoms with Gasteiger partial charge in [-0.3, -0.25) is 4.79 Å². The number of carbonyl (C=O) groups excluding carboxylic acids is 1. The van der Waals surface area contributed by atoms with Gasteiger partial charge in [0.1, 0.15) is 24.4 Å². The van der Waals surface area contributed by atoms with Gasteiger partial charge in [-0.25, -0.2) is 0 Å². The summed E-state index contributed by atoms with van der Waals surface area (Å²) in [4.78, 5) is 12.5. The van der Waals surface area contributed by atoms with Crippen LogP contribution in [0.5, 0.6) is 0 Å². The summed E-state index contributed by atoms with van der Waals surface area (Å²) in [6, 6.07) is -0.441. The largest absolute Gasteiger partial charge is 0.388 e. The van der Waals surface area contributed by atoms with Gasteiger partial charge < -0.3 is 52.6 Å². The first-order chi connectivity index (χ1) is 13.4. The lowest BCUT2D eigenvalue weighted by Crippen LogP contribution is -2.60. The van der Waals surface area contributed by atoms with E-state index in [4.69, 9.17) is 16.2 Å². The molecular weight excluding hydrogens is 370 g/mol. The maximum atomic E-state index is 12.5. The van der Waals surface area contributed by atoms with Crippen molar-refractivity contribution in [2.45, 2.75) is 62.4 Å². The fraction of sp³-hybridized carbons (Fsp3) is 0.941. The number of amides is 1. The van der Waals surface area contributed by atoms with Crippen LogP contribution in [-0.4, -0.2) is 102 Å². The van der Waals surface area contributed by atoms with E-state index in [1.807, 2.05) is 0 Å². The van der Waals surface area contributed by atoms with Crippen molar-refractivity contribution in [3.8, 4) is 0 Å². The van der Waals surface area contributed by atoms with Gasteiger partial charge in [-0.1, -0.05) is 0 Å². The molecule has 11 nitrogen and oxygen atoms in total. The van der Waals surface area contributed by atoms with Gasteiger partial charge in [0, 0.05) is 6.54 Å². The van der Waals surface area contributed by atoms with Crippen molar-refractivity contribution >= 4 is 5.91 Å². The Bertz CT molecular complexity index is 433. The van der Waals surface area contributed by atoms with E-state index in [-0.39, 0.29) is 12.5 Å². The third-order valence-corrected chi connectivity index (χ3v) is 4.66. The van der Waals surface area contributed by atoms with Crippen molar-refractivity contribution < 1.29 is 30.0 Å². The summed E-state index contributed by atoms with van der Waals surface area (Å²) in [5, 5.41) is 47.8. The Morgan fingerprint density at radius 2 is 1.57 bits per heavy atom. The molecule has 11 heteroatoms. The smallest absolute Gasteiger partial charge is 0.237 e. The molecule has 0 aliphatic carbocycles. The molecule has 1 heterocycles. The molecule has 1 aliphatic rings. The number of carbonyl (C=O) groups is 1. The van der Waals surface area contributed by atoms with E-state index in [1.54, 1.807) is 0 Å². The van der Waals surface area contributed by atoms with Crippen LogP contribution in [0.2, 0.25) is 0 Å². The molecule has 166 valence electrons. The molecule has 1 rings (SSSR count). The molecule has 0 spiro atoms. The number of hydrogen-bond acceptors (Lipinski definition) is 10. The molecular formula is C17H37N5O6. The van der Waals surface area contributed by atoms with Gasteiger partial charge in [0.25, 0.3) is 0 Å². The highest BCUT2D eigenvalue weighted by Gasteiger charge is 2.43. The Morgan fingerprint density at radius 3 is 2.25 bits per heavy atom. The maximum absolute atomic E-state index is 12.5. The third-order valence-electron chi connectivity index (χ3n) is 4.66. The van der Waals surface area contributed by atoms with Crippen molar-refractivity contribution in [2.75, 3.05) is 39.3 Å². The van der Waals surface area contributed by atoms with Crippen molar-refractivity contribution in [3.63, 3.8) is 0 Å². The first-order valence-corrected chi connectivity index (χ1v) is 9.92. The Morgan fingerprint density at radius 1 is 0.929 bits per heavy atom. The molecule has 0 aromatic carbocycles. The maximum Gasteiger partial charge on any atom is 0.237 e. The third kappa shape index (κ3) is 8.64. The van der Waals surface area contributed by atoms with Crippen molar-refractivity contribution in [3.05, 3.63) is 0 Å². The zero-order chi connectivity index (χ0) is 20.9. The quantitative estimate of drug-likeness (QED) is 0.128. The minimum Gasteiger partial charge on any atom is -0.388 e. The lowest BCUT2D eigenvalue weighted by atomic mass is 9.99. The van der Waals surface area contributed by atoms with E-state index in [9.17, 15) is 25.2 Å². The first kappa shape index (κ1) is 25.1. The van der Waals surface area contributed by atoms with Gasteiger partial charge in [0.05, 0.1) is 6.04 Å². The molecule has 0 aromatic heterocycles.